The van der Waals surface area contributed by atoms with Gasteiger partial charge >= 0.3 is 5.97 Å². The second-order valence-electron chi connectivity index (χ2n) is 7.26. The maximum atomic E-state index is 12.5. The van der Waals surface area contributed by atoms with E-state index < -0.39 is 36.5 Å². The van der Waals surface area contributed by atoms with Gasteiger partial charge in [-0.25, -0.2) is 0 Å². The molecule has 146 valence electrons. The molecule has 1 aliphatic heterocycles. The number of allylic oxidation sites excluding steroid dienone is 3. The molecule has 0 radical (unpaired) electrons. The molecule has 26 heavy (non-hydrogen) atoms. The largest absolute Gasteiger partial charge is 0.458 e. The molecule has 1 aliphatic rings. The molecule has 0 bridgehead atoms. The van der Waals surface area contributed by atoms with Gasteiger partial charge in [-0.15, -0.1) is 0 Å². The second-order valence-corrected chi connectivity index (χ2v) is 7.26. The van der Waals surface area contributed by atoms with Crippen molar-refractivity contribution in [2.24, 2.45) is 5.92 Å². The van der Waals surface area contributed by atoms with Gasteiger partial charge in [0.2, 0.25) is 0 Å². The van der Waals surface area contributed by atoms with Crippen LogP contribution in [0.2, 0.25) is 0 Å². The Morgan fingerprint density at radius 2 is 2.00 bits per heavy atom. The van der Waals surface area contributed by atoms with Gasteiger partial charge in [-0.3, -0.25) is 9.59 Å². The van der Waals surface area contributed by atoms with E-state index in [9.17, 15) is 19.8 Å². The number of Topliss-reactive ketones (excluding diaryl/α,β-unsaturated/α-hetero) is 1. The SMILES string of the molecule is C=C1/C=C(\C)[C@H](CC)OC(=O)CC(=O)[C@@](O)(CO)C/C(CC)=C/[C@@H](C)C1. The van der Waals surface area contributed by atoms with E-state index in [1.807, 2.05) is 39.8 Å². The maximum Gasteiger partial charge on any atom is 0.314 e. The zero-order valence-electron chi connectivity index (χ0n) is 16.4. The van der Waals surface area contributed by atoms with Crippen LogP contribution in [0.3, 0.4) is 0 Å². The minimum atomic E-state index is -1.96. The lowest BCUT2D eigenvalue weighted by atomic mass is 9.86. The van der Waals surface area contributed by atoms with Crippen LogP contribution in [0.15, 0.2) is 35.5 Å². The summed E-state index contributed by atoms with van der Waals surface area (Å²) in [6.07, 6.45) is 4.91. The first-order valence-corrected chi connectivity index (χ1v) is 9.26. The molecule has 5 nitrogen and oxygen atoms in total. The smallest absolute Gasteiger partial charge is 0.314 e. The van der Waals surface area contributed by atoms with E-state index in [4.69, 9.17) is 4.74 Å². The minimum absolute atomic E-state index is 0.00893. The number of aliphatic hydroxyl groups excluding tert-OH is 1. The summed E-state index contributed by atoms with van der Waals surface area (Å²) in [6.45, 7) is 11.1. The standard InChI is InChI=1S/C21H32O5/c1-6-17-10-15(4)8-14(3)9-16(5)18(7-2)26-20(24)11-19(23)21(25,12-17)13-22/h9-10,15,18,22,25H,3,6-8,11-13H2,1-2,4-5H3/b16-9+,17-10+/t15-,18-,21-/m0/s1. The Balaban J connectivity index is 3.27. The molecule has 0 spiro atoms. The van der Waals surface area contributed by atoms with Gasteiger partial charge in [0.15, 0.2) is 5.78 Å². The third kappa shape index (κ3) is 6.22. The molecule has 3 atom stereocenters. The molecule has 5 heteroatoms. The average Bonchev–Trinajstić information content (AvgIpc) is 2.57. The molecular formula is C21H32O5. The number of esters is 1. The highest BCUT2D eigenvalue weighted by atomic mass is 16.5. The first kappa shape index (κ1) is 22.3. The molecule has 0 aromatic rings. The molecule has 0 aliphatic carbocycles. The van der Waals surface area contributed by atoms with Gasteiger partial charge in [0.05, 0.1) is 6.61 Å². The zero-order chi connectivity index (χ0) is 19.9. The van der Waals surface area contributed by atoms with Crippen molar-refractivity contribution in [2.45, 2.75) is 71.5 Å². The number of ketones is 1. The van der Waals surface area contributed by atoms with Gasteiger partial charge in [0.1, 0.15) is 18.1 Å². The summed E-state index contributed by atoms with van der Waals surface area (Å²) < 4.78 is 5.42. The Kier molecular flexibility index (Phi) is 8.44. The predicted octanol–water partition coefficient (Wildman–Crippen LogP) is 3.26. The first-order valence-electron chi connectivity index (χ1n) is 9.26. The second kappa shape index (κ2) is 9.83. The van der Waals surface area contributed by atoms with Crippen molar-refractivity contribution >= 4 is 11.8 Å². The molecule has 0 aromatic carbocycles. The van der Waals surface area contributed by atoms with Crippen molar-refractivity contribution in [3.8, 4) is 0 Å². The summed E-state index contributed by atoms with van der Waals surface area (Å²) in [7, 11) is 0. The summed E-state index contributed by atoms with van der Waals surface area (Å²) in [5.41, 5.74) is 0.711. The highest BCUT2D eigenvalue weighted by molar-refractivity contribution is 6.00. The van der Waals surface area contributed by atoms with Gasteiger partial charge in [-0.05, 0) is 37.7 Å². The average molecular weight is 364 g/mol. The van der Waals surface area contributed by atoms with Crippen LogP contribution in [0.25, 0.3) is 0 Å². The van der Waals surface area contributed by atoms with Gasteiger partial charge in [0.25, 0.3) is 0 Å². The highest BCUT2D eigenvalue weighted by Crippen LogP contribution is 2.26. The number of hydrogen-bond donors (Lipinski definition) is 2. The lowest BCUT2D eigenvalue weighted by Gasteiger charge is -2.27. The van der Waals surface area contributed by atoms with Gasteiger partial charge < -0.3 is 14.9 Å². The van der Waals surface area contributed by atoms with Crippen molar-refractivity contribution in [3.05, 3.63) is 35.5 Å². The van der Waals surface area contributed by atoms with Crippen LogP contribution < -0.4 is 0 Å². The Hall–Kier alpha value is -1.72. The van der Waals surface area contributed by atoms with E-state index in [0.717, 1.165) is 23.1 Å². The fraction of sp³-hybridized carbons (Fsp3) is 0.619. The van der Waals surface area contributed by atoms with E-state index >= 15 is 0 Å². The summed E-state index contributed by atoms with van der Waals surface area (Å²) in [5.74, 6) is -1.24. The summed E-state index contributed by atoms with van der Waals surface area (Å²) in [5, 5.41) is 20.2. The molecule has 0 aromatic heterocycles. The lowest BCUT2D eigenvalue weighted by Crippen LogP contribution is -2.44. The molecule has 0 saturated carbocycles. The quantitative estimate of drug-likeness (QED) is 0.456. The van der Waals surface area contributed by atoms with Gasteiger partial charge in [-0.1, -0.05) is 50.6 Å². The third-order valence-corrected chi connectivity index (χ3v) is 4.75. The van der Waals surface area contributed by atoms with Crippen LogP contribution in [0.4, 0.5) is 0 Å². The van der Waals surface area contributed by atoms with Gasteiger partial charge in [0, 0.05) is 6.42 Å². The number of aliphatic hydroxyl groups is 2. The Bertz CT molecular complexity index is 602. The molecule has 1 rings (SSSR count). The summed E-state index contributed by atoms with van der Waals surface area (Å²) in [4.78, 5) is 24.6. The van der Waals surface area contributed by atoms with E-state index in [2.05, 4.69) is 6.58 Å². The highest BCUT2D eigenvalue weighted by Gasteiger charge is 2.37. The Labute approximate surface area is 156 Å². The summed E-state index contributed by atoms with van der Waals surface area (Å²) in [6, 6.07) is 0. The third-order valence-electron chi connectivity index (χ3n) is 4.75. The van der Waals surface area contributed by atoms with E-state index in [0.29, 0.717) is 12.8 Å². The van der Waals surface area contributed by atoms with E-state index in [1.165, 1.54) is 0 Å². The number of ether oxygens (including phenoxy) is 1. The normalized spacial score (nSPS) is 33.5. The number of hydrogen-bond acceptors (Lipinski definition) is 5. The van der Waals surface area contributed by atoms with Crippen molar-refractivity contribution in [3.63, 3.8) is 0 Å². The number of rotatable bonds is 3. The monoisotopic (exact) mass is 364 g/mol. The number of carbonyl (C=O) groups excluding carboxylic acids is 2. The molecule has 1 heterocycles. The first-order chi connectivity index (χ1) is 12.1. The Morgan fingerprint density at radius 1 is 1.35 bits per heavy atom. The topological polar surface area (TPSA) is 83.8 Å². The summed E-state index contributed by atoms with van der Waals surface area (Å²) >= 11 is 0. The van der Waals surface area contributed by atoms with Gasteiger partial charge in [-0.2, -0.15) is 0 Å². The molecular weight excluding hydrogens is 332 g/mol. The predicted molar refractivity (Wildman–Crippen MR) is 101 cm³/mol. The maximum absolute atomic E-state index is 12.5. The molecule has 0 fully saturated rings. The van der Waals surface area contributed by atoms with Crippen LogP contribution in [0.5, 0.6) is 0 Å². The number of carbonyl (C=O) groups is 2. The van der Waals surface area contributed by atoms with Crippen molar-refractivity contribution in [1.29, 1.82) is 0 Å². The molecule has 2 N–H and O–H groups in total. The van der Waals surface area contributed by atoms with Crippen LogP contribution in [0, 0.1) is 5.92 Å². The fourth-order valence-electron chi connectivity index (χ4n) is 3.26. The molecule has 0 amide bonds. The van der Waals surface area contributed by atoms with Crippen molar-refractivity contribution < 1.29 is 24.5 Å². The van der Waals surface area contributed by atoms with E-state index in [1.54, 1.807) is 0 Å². The minimum Gasteiger partial charge on any atom is -0.458 e. The van der Waals surface area contributed by atoms with E-state index in [-0.39, 0.29) is 12.3 Å². The molecule has 0 unspecified atom stereocenters. The van der Waals surface area contributed by atoms with Crippen LogP contribution in [-0.4, -0.2) is 40.3 Å². The lowest BCUT2D eigenvalue weighted by molar-refractivity contribution is -0.155. The van der Waals surface area contributed by atoms with Crippen molar-refractivity contribution in [1.82, 2.24) is 0 Å². The van der Waals surface area contributed by atoms with Crippen molar-refractivity contribution in [2.75, 3.05) is 6.61 Å². The number of cyclic esters (lactones) is 1. The zero-order valence-corrected chi connectivity index (χ0v) is 16.4. The molecule has 0 saturated heterocycles. The fourth-order valence-corrected chi connectivity index (χ4v) is 3.26. The van der Waals surface area contributed by atoms with Crippen LogP contribution in [-0.2, 0) is 14.3 Å². The van der Waals surface area contributed by atoms with Crippen LogP contribution in [0.1, 0.15) is 59.8 Å². The van der Waals surface area contributed by atoms with Crippen LogP contribution >= 0.6 is 0 Å². The Morgan fingerprint density at radius 3 is 2.54 bits per heavy atom.